The van der Waals surface area contributed by atoms with Gasteiger partial charge in [-0.3, -0.25) is 14.9 Å². The normalized spacial score (nSPS) is 10.0. The van der Waals surface area contributed by atoms with E-state index in [-0.39, 0.29) is 11.3 Å². The van der Waals surface area contributed by atoms with E-state index in [9.17, 15) is 14.9 Å². The smallest absolute Gasteiger partial charge is 0.280 e. The van der Waals surface area contributed by atoms with Crippen molar-refractivity contribution in [3.05, 3.63) is 57.6 Å². The fourth-order valence-electron chi connectivity index (χ4n) is 1.84. The quantitative estimate of drug-likeness (QED) is 0.477. The zero-order valence-corrected chi connectivity index (χ0v) is 11.5. The van der Waals surface area contributed by atoms with Crippen LogP contribution in [-0.2, 0) is 0 Å². The molecule has 6 heteroatoms. The number of methoxy groups -OCH3 is 1. The van der Waals surface area contributed by atoms with Crippen LogP contribution in [0.15, 0.2) is 36.4 Å². The molecule has 0 aliphatic heterocycles. The van der Waals surface area contributed by atoms with Gasteiger partial charge in [0.05, 0.1) is 17.6 Å². The van der Waals surface area contributed by atoms with Crippen LogP contribution in [0.25, 0.3) is 0 Å². The van der Waals surface area contributed by atoms with Gasteiger partial charge >= 0.3 is 0 Å². The Bertz CT molecular complexity index is 696. The maximum atomic E-state index is 10.9. The topological polar surface area (TPSA) is 78.7 Å². The number of ether oxygens (including phenoxy) is 2. The lowest BCUT2D eigenvalue weighted by Crippen LogP contribution is -1.96. The summed E-state index contributed by atoms with van der Waals surface area (Å²) < 4.78 is 10.8. The Morgan fingerprint density at radius 1 is 1.14 bits per heavy atom. The largest absolute Gasteiger partial charge is 0.493 e. The van der Waals surface area contributed by atoms with Crippen LogP contribution in [0.1, 0.15) is 15.9 Å². The lowest BCUT2D eigenvalue weighted by molar-refractivity contribution is -0.385. The van der Waals surface area contributed by atoms with Crippen LogP contribution in [0.3, 0.4) is 0 Å². The second-order valence-corrected chi connectivity index (χ2v) is 4.35. The summed E-state index contributed by atoms with van der Waals surface area (Å²) >= 11 is 0. The average molecular weight is 287 g/mol. The van der Waals surface area contributed by atoms with Gasteiger partial charge in [-0.15, -0.1) is 0 Å². The van der Waals surface area contributed by atoms with Crippen LogP contribution >= 0.6 is 0 Å². The number of nitro benzene ring substituents is 1. The second kappa shape index (κ2) is 6.04. The molecule has 0 amide bonds. The van der Waals surface area contributed by atoms with Crippen LogP contribution < -0.4 is 9.47 Å². The Labute approximate surface area is 121 Å². The SMILES string of the molecule is COc1cc(C)ccc1Oc1ccc([N+](=O)[O-])c(C=O)c1. The first-order valence-electron chi connectivity index (χ1n) is 6.11. The molecule has 0 spiro atoms. The van der Waals surface area contributed by atoms with Crippen molar-refractivity contribution in [1.82, 2.24) is 0 Å². The summed E-state index contributed by atoms with van der Waals surface area (Å²) in [6.07, 6.45) is 0.428. The molecule has 0 aromatic heterocycles. The molecule has 0 aliphatic rings. The van der Waals surface area contributed by atoms with Crippen molar-refractivity contribution in [2.24, 2.45) is 0 Å². The fraction of sp³-hybridized carbons (Fsp3) is 0.133. The summed E-state index contributed by atoms with van der Waals surface area (Å²) in [5.41, 5.74) is 0.716. The first-order valence-corrected chi connectivity index (χ1v) is 6.11. The zero-order chi connectivity index (χ0) is 15.4. The summed E-state index contributed by atoms with van der Waals surface area (Å²) in [4.78, 5) is 21.1. The Morgan fingerprint density at radius 2 is 1.90 bits per heavy atom. The highest BCUT2D eigenvalue weighted by molar-refractivity contribution is 5.82. The minimum Gasteiger partial charge on any atom is -0.493 e. The maximum Gasteiger partial charge on any atom is 0.280 e. The van der Waals surface area contributed by atoms with E-state index in [0.717, 1.165) is 5.56 Å². The highest BCUT2D eigenvalue weighted by Gasteiger charge is 2.15. The van der Waals surface area contributed by atoms with Gasteiger partial charge < -0.3 is 9.47 Å². The first-order chi connectivity index (χ1) is 10.0. The van der Waals surface area contributed by atoms with Crippen LogP contribution in [0.4, 0.5) is 5.69 Å². The van der Waals surface area contributed by atoms with Crippen molar-refractivity contribution in [1.29, 1.82) is 0 Å². The third-order valence-corrected chi connectivity index (χ3v) is 2.87. The molecule has 6 nitrogen and oxygen atoms in total. The number of hydrogen-bond donors (Lipinski definition) is 0. The number of aldehydes is 1. The van der Waals surface area contributed by atoms with E-state index in [2.05, 4.69) is 0 Å². The highest BCUT2D eigenvalue weighted by atomic mass is 16.6. The molecule has 0 saturated heterocycles. The monoisotopic (exact) mass is 287 g/mol. The molecule has 0 heterocycles. The van der Waals surface area contributed by atoms with Gasteiger partial charge in [0.25, 0.3) is 5.69 Å². The van der Waals surface area contributed by atoms with E-state index in [1.807, 2.05) is 13.0 Å². The van der Waals surface area contributed by atoms with Crippen LogP contribution in [0, 0.1) is 17.0 Å². The van der Waals surface area contributed by atoms with Gasteiger partial charge in [-0.05, 0) is 36.8 Å². The number of aryl methyl sites for hydroxylation is 1. The van der Waals surface area contributed by atoms with Crippen molar-refractivity contribution in [2.75, 3.05) is 7.11 Å². The number of hydrogen-bond acceptors (Lipinski definition) is 5. The summed E-state index contributed by atoms with van der Waals surface area (Å²) in [6.45, 7) is 1.92. The van der Waals surface area contributed by atoms with Gasteiger partial charge in [-0.25, -0.2) is 0 Å². The van der Waals surface area contributed by atoms with Gasteiger partial charge in [0, 0.05) is 6.07 Å². The van der Waals surface area contributed by atoms with Crippen molar-refractivity contribution in [3.63, 3.8) is 0 Å². The van der Waals surface area contributed by atoms with E-state index >= 15 is 0 Å². The standard InChI is InChI=1S/C15H13NO5/c1-10-3-6-14(15(7-10)20-2)21-12-4-5-13(16(18)19)11(8-12)9-17/h3-9H,1-2H3. The van der Waals surface area contributed by atoms with E-state index in [0.29, 0.717) is 23.5 Å². The highest BCUT2D eigenvalue weighted by Crippen LogP contribution is 2.33. The molecule has 2 aromatic rings. The molecule has 0 N–H and O–H groups in total. The summed E-state index contributed by atoms with van der Waals surface area (Å²) in [6, 6.07) is 9.38. The zero-order valence-electron chi connectivity index (χ0n) is 11.5. The predicted molar refractivity (Wildman–Crippen MR) is 76.3 cm³/mol. The van der Waals surface area contributed by atoms with Crippen LogP contribution in [0.2, 0.25) is 0 Å². The van der Waals surface area contributed by atoms with E-state index < -0.39 is 4.92 Å². The molecule has 0 aliphatic carbocycles. The molecule has 2 rings (SSSR count). The van der Waals surface area contributed by atoms with E-state index in [1.165, 1.54) is 25.3 Å². The summed E-state index contributed by atoms with van der Waals surface area (Å²) in [5.74, 6) is 1.33. The molecule has 0 unspecified atom stereocenters. The summed E-state index contributed by atoms with van der Waals surface area (Å²) in [7, 11) is 1.52. The van der Waals surface area contributed by atoms with Gasteiger partial charge in [-0.2, -0.15) is 0 Å². The second-order valence-electron chi connectivity index (χ2n) is 4.35. The number of carbonyl (C=O) groups is 1. The Kier molecular flexibility index (Phi) is 4.18. The van der Waals surface area contributed by atoms with E-state index in [1.54, 1.807) is 12.1 Å². The lowest BCUT2D eigenvalue weighted by Gasteiger charge is -2.11. The predicted octanol–water partition coefficient (Wildman–Crippen LogP) is 3.52. The molecule has 0 saturated carbocycles. The van der Waals surface area contributed by atoms with Crippen molar-refractivity contribution in [2.45, 2.75) is 6.92 Å². The maximum absolute atomic E-state index is 10.9. The number of nitrogens with zero attached hydrogens (tertiary/aromatic N) is 1. The number of rotatable bonds is 5. The van der Waals surface area contributed by atoms with Crippen molar-refractivity contribution >= 4 is 12.0 Å². The van der Waals surface area contributed by atoms with Crippen LogP contribution in [-0.4, -0.2) is 18.3 Å². The third kappa shape index (κ3) is 3.17. The molecule has 21 heavy (non-hydrogen) atoms. The molecule has 0 radical (unpaired) electrons. The number of benzene rings is 2. The first kappa shape index (κ1) is 14.5. The molecule has 0 fully saturated rings. The number of carbonyl (C=O) groups excluding carboxylic acids is 1. The van der Waals surface area contributed by atoms with Gasteiger partial charge in [-0.1, -0.05) is 6.07 Å². The lowest BCUT2D eigenvalue weighted by atomic mass is 10.2. The minimum absolute atomic E-state index is 0.0384. The van der Waals surface area contributed by atoms with Crippen molar-refractivity contribution < 1.29 is 19.2 Å². The Balaban J connectivity index is 2.36. The van der Waals surface area contributed by atoms with Crippen molar-refractivity contribution in [3.8, 4) is 17.2 Å². The molecule has 108 valence electrons. The third-order valence-electron chi connectivity index (χ3n) is 2.87. The minimum atomic E-state index is -0.611. The number of nitro groups is 1. The Hall–Kier alpha value is -2.89. The van der Waals surface area contributed by atoms with Gasteiger partial charge in [0.15, 0.2) is 17.8 Å². The van der Waals surface area contributed by atoms with Gasteiger partial charge in [0.1, 0.15) is 5.75 Å². The molecule has 2 aromatic carbocycles. The fourth-order valence-corrected chi connectivity index (χ4v) is 1.84. The average Bonchev–Trinajstić information content (AvgIpc) is 2.48. The molecule has 0 atom stereocenters. The summed E-state index contributed by atoms with van der Waals surface area (Å²) in [5, 5.41) is 10.8. The van der Waals surface area contributed by atoms with E-state index in [4.69, 9.17) is 9.47 Å². The van der Waals surface area contributed by atoms with Gasteiger partial charge in [0.2, 0.25) is 0 Å². The van der Waals surface area contributed by atoms with Crippen LogP contribution in [0.5, 0.6) is 17.2 Å². The Morgan fingerprint density at radius 3 is 2.52 bits per heavy atom. The molecular formula is C15H13NO5. The molecular weight excluding hydrogens is 274 g/mol. The molecule has 0 bridgehead atoms.